The van der Waals surface area contributed by atoms with Crippen LogP contribution in [0.5, 0.6) is 0 Å². The van der Waals surface area contributed by atoms with Crippen LogP contribution in [0.15, 0.2) is 0 Å². The highest BCUT2D eigenvalue weighted by Gasteiger charge is 2.28. The van der Waals surface area contributed by atoms with E-state index in [0.29, 0.717) is 5.92 Å². The first-order valence-electron chi connectivity index (χ1n) is 6.93. The molecule has 1 aliphatic carbocycles. The van der Waals surface area contributed by atoms with E-state index in [-0.39, 0.29) is 0 Å². The molecule has 1 aliphatic heterocycles. The minimum Gasteiger partial charge on any atom is -0.317 e. The third kappa shape index (κ3) is 2.68. The summed E-state index contributed by atoms with van der Waals surface area (Å²) in [5, 5.41) is 7.95. The zero-order valence-corrected chi connectivity index (χ0v) is 10.7. The van der Waals surface area contributed by atoms with Gasteiger partial charge in [-0.1, -0.05) is 0 Å². The van der Waals surface area contributed by atoms with Crippen molar-refractivity contribution in [3.8, 4) is 0 Å². The highest BCUT2D eigenvalue weighted by Crippen LogP contribution is 2.38. The Hall–Kier alpha value is -0.900. The van der Waals surface area contributed by atoms with Crippen LogP contribution >= 0.6 is 0 Å². The van der Waals surface area contributed by atoms with Gasteiger partial charge in [-0.25, -0.2) is 4.98 Å². The first-order valence-corrected chi connectivity index (χ1v) is 6.93. The number of hydrogen-bond acceptors (Lipinski definition) is 3. The lowest BCUT2D eigenvalue weighted by molar-refractivity contribution is 0.351. The summed E-state index contributed by atoms with van der Waals surface area (Å²) in [6.45, 7) is 2.38. The molecule has 1 saturated heterocycles. The quantitative estimate of drug-likeness (QED) is 0.861. The van der Waals surface area contributed by atoms with E-state index in [9.17, 15) is 0 Å². The van der Waals surface area contributed by atoms with Gasteiger partial charge in [0.1, 0.15) is 5.82 Å². The minimum atomic E-state index is 0.675. The van der Waals surface area contributed by atoms with Gasteiger partial charge in [-0.2, -0.15) is 5.10 Å². The Morgan fingerprint density at radius 3 is 2.71 bits per heavy atom. The second-order valence-electron chi connectivity index (χ2n) is 5.52. The third-order valence-corrected chi connectivity index (χ3v) is 4.05. The predicted molar refractivity (Wildman–Crippen MR) is 66.9 cm³/mol. The highest BCUT2D eigenvalue weighted by molar-refractivity contribution is 5.06. The number of rotatable bonds is 4. The smallest absolute Gasteiger partial charge is 0.154 e. The van der Waals surface area contributed by atoms with E-state index in [1.807, 2.05) is 11.7 Å². The maximum absolute atomic E-state index is 4.69. The van der Waals surface area contributed by atoms with Gasteiger partial charge in [0.25, 0.3) is 0 Å². The molecule has 2 fully saturated rings. The summed E-state index contributed by atoms with van der Waals surface area (Å²) in [7, 11) is 2.04. The molecule has 0 radical (unpaired) electrons. The molecule has 1 saturated carbocycles. The summed E-state index contributed by atoms with van der Waals surface area (Å²) in [5.74, 6) is 3.84. The van der Waals surface area contributed by atoms with Crippen LogP contribution in [-0.4, -0.2) is 27.9 Å². The fraction of sp³-hybridized carbons (Fsp3) is 0.846. The van der Waals surface area contributed by atoms with Gasteiger partial charge >= 0.3 is 0 Å². The first-order chi connectivity index (χ1) is 8.33. The van der Waals surface area contributed by atoms with Crippen molar-refractivity contribution in [1.29, 1.82) is 0 Å². The molecular weight excluding hydrogens is 212 g/mol. The van der Waals surface area contributed by atoms with Gasteiger partial charge in [0, 0.05) is 19.4 Å². The van der Waals surface area contributed by atoms with Gasteiger partial charge in [0.05, 0.1) is 0 Å². The van der Waals surface area contributed by atoms with Crippen LogP contribution < -0.4 is 5.32 Å². The van der Waals surface area contributed by atoms with Gasteiger partial charge in [-0.05, 0) is 51.1 Å². The maximum Gasteiger partial charge on any atom is 0.154 e. The Bertz CT molecular complexity index is 375. The summed E-state index contributed by atoms with van der Waals surface area (Å²) in [5.41, 5.74) is 0. The van der Waals surface area contributed by atoms with Crippen molar-refractivity contribution in [2.75, 3.05) is 13.1 Å². The molecule has 0 aromatic carbocycles. The number of nitrogens with one attached hydrogen (secondary N) is 1. The van der Waals surface area contributed by atoms with Gasteiger partial charge in [-0.3, -0.25) is 4.68 Å². The van der Waals surface area contributed by atoms with Crippen molar-refractivity contribution in [2.24, 2.45) is 13.0 Å². The molecule has 3 rings (SSSR count). The van der Waals surface area contributed by atoms with Crippen LogP contribution in [0.4, 0.5) is 0 Å². The molecule has 1 N–H and O–H groups in total. The molecule has 0 amide bonds. The molecule has 0 spiro atoms. The fourth-order valence-electron chi connectivity index (χ4n) is 2.67. The van der Waals surface area contributed by atoms with Gasteiger partial charge < -0.3 is 5.32 Å². The van der Waals surface area contributed by atoms with Crippen molar-refractivity contribution in [1.82, 2.24) is 20.1 Å². The third-order valence-electron chi connectivity index (χ3n) is 4.05. The van der Waals surface area contributed by atoms with Crippen LogP contribution in [0.3, 0.4) is 0 Å². The van der Waals surface area contributed by atoms with Crippen LogP contribution in [0.1, 0.15) is 49.7 Å². The standard InChI is InChI=1S/C13H22N4/c1-17-12(15-13(16-17)11-3-4-11)5-2-10-6-8-14-9-7-10/h10-11,14H,2-9H2,1H3. The molecule has 94 valence electrons. The molecule has 0 unspecified atom stereocenters. The molecule has 1 aromatic rings. The van der Waals surface area contributed by atoms with Gasteiger partial charge in [0.15, 0.2) is 5.82 Å². The van der Waals surface area contributed by atoms with Crippen LogP contribution in [0.2, 0.25) is 0 Å². The number of nitrogens with zero attached hydrogens (tertiary/aromatic N) is 3. The number of piperidine rings is 1. The molecule has 17 heavy (non-hydrogen) atoms. The molecule has 4 nitrogen and oxygen atoms in total. The van der Waals surface area contributed by atoms with E-state index < -0.39 is 0 Å². The summed E-state index contributed by atoms with van der Waals surface area (Å²) < 4.78 is 1.99. The average Bonchev–Trinajstić information content (AvgIpc) is 3.13. The monoisotopic (exact) mass is 234 g/mol. The summed E-state index contributed by atoms with van der Waals surface area (Å²) in [4.78, 5) is 4.69. The molecule has 4 heteroatoms. The second-order valence-corrected chi connectivity index (χ2v) is 5.52. The zero-order chi connectivity index (χ0) is 11.7. The first kappa shape index (κ1) is 11.2. The largest absolute Gasteiger partial charge is 0.317 e. The van der Waals surface area contributed by atoms with Gasteiger partial charge in [0.2, 0.25) is 0 Å². The Morgan fingerprint density at radius 1 is 1.24 bits per heavy atom. The van der Waals surface area contributed by atoms with E-state index in [1.165, 1.54) is 51.0 Å². The van der Waals surface area contributed by atoms with Crippen molar-refractivity contribution >= 4 is 0 Å². The minimum absolute atomic E-state index is 0.675. The second kappa shape index (κ2) is 4.77. The molecule has 2 aliphatic rings. The van der Waals surface area contributed by atoms with Crippen molar-refractivity contribution in [2.45, 2.75) is 44.4 Å². The van der Waals surface area contributed by atoms with E-state index in [0.717, 1.165) is 18.2 Å². The molecule has 2 heterocycles. The Labute approximate surface area is 103 Å². The highest BCUT2D eigenvalue weighted by atomic mass is 15.3. The number of aryl methyl sites for hydroxylation is 2. The Morgan fingerprint density at radius 2 is 2.00 bits per heavy atom. The lowest BCUT2D eigenvalue weighted by Crippen LogP contribution is -2.28. The Kier molecular flexibility index (Phi) is 3.14. The number of hydrogen-bond donors (Lipinski definition) is 1. The maximum atomic E-state index is 4.69. The normalized spacial score (nSPS) is 21.9. The van der Waals surface area contributed by atoms with Gasteiger partial charge in [-0.15, -0.1) is 0 Å². The van der Waals surface area contributed by atoms with Crippen molar-refractivity contribution < 1.29 is 0 Å². The van der Waals surface area contributed by atoms with E-state index in [2.05, 4.69) is 10.4 Å². The predicted octanol–water partition coefficient (Wildman–Crippen LogP) is 1.62. The van der Waals surface area contributed by atoms with Crippen molar-refractivity contribution in [3.05, 3.63) is 11.6 Å². The zero-order valence-electron chi connectivity index (χ0n) is 10.7. The summed E-state index contributed by atoms with van der Waals surface area (Å²) >= 11 is 0. The molecule has 1 aromatic heterocycles. The summed E-state index contributed by atoms with van der Waals surface area (Å²) in [6.07, 6.45) is 7.61. The molecule has 0 bridgehead atoms. The molecule has 0 atom stereocenters. The van der Waals surface area contributed by atoms with Crippen LogP contribution in [0, 0.1) is 5.92 Å². The summed E-state index contributed by atoms with van der Waals surface area (Å²) in [6, 6.07) is 0. The lowest BCUT2D eigenvalue weighted by atomic mass is 9.93. The SMILES string of the molecule is Cn1nc(C2CC2)nc1CCC1CCNCC1. The number of aromatic nitrogens is 3. The van der Waals surface area contributed by atoms with E-state index in [1.54, 1.807) is 0 Å². The Balaban J connectivity index is 1.56. The topological polar surface area (TPSA) is 42.7 Å². The lowest BCUT2D eigenvalue weighted by Gasteiger charge is -2.22. The van der Waals surface area contributed by atoms with Crippen LogP contribution in [0.25, 0.3) is 0 Å². The average molecular weight is 234 g/mol. The van der Waals surface area contributed by atoms with E-state index in [4.69, 9.17) is 4.98 Å². The van der Waals surface area contributed by atoms with Crippen molar-refractivity contribution in [3.63, 3.8) is 0 Å². The fourth-order valence-corrected chi connectivity index (χ4v) is 2.67. The van der Waals surface area contributed by atoms with Crippen LogP contribution in [-0.2, 0) is 13.5 Å². The molecular formula is C13H22N4. The van der Waals surface area contributed by atoms with E-state index >= 15 is 0 Å².